The van der Waals surface area contributed by atoms with Crippen molar-refractivity contribution in [1.29, 1.82) is 0 Å². The van der Waals surface area contributed by atoms with Gasteiger partial charge in [0.1, 0.15) is 0 Å². The minimum atomic E-state index is -1.37. The van der Waals surface area contributed by atoms with Gasteiger partial charge < -0.3 is 4.90 Å². The number of likely N-dealkylation sites (tertiary alicyclic amines) is 1. The zero-order valence-electron chi connectivity index (χ0n) is 15.7. The van der Waals surface area contributed by atoms with E-state index in [0.717, 1.165) is 12.1 Å². The monoisotopic (exact) mass is 366 g/mol. The van der Waals surface area contributed by atoms with Crippen molar-refractivity contribution in [3.8, 4) is 0 Å². The molecular weight excluding hydrogens is 340 g/mol. The minimum absolute atomic E-state index is 0.0556. The molecule has 27 heavy (non-hydrogen) atoms. The number of rotatable bonds is 5. The highest BCUT2D eigenvalue weighted by molar-refractivity contribution is 6.28. The van der Waals surface area contributed by atoms with Gasteiger partial charge in [-0.3, -0.25) is 19.3 Å². The number of benzene rings is 1. The van der Waals surface area contributed by atoms with E-state index in [4.69, 9.17) is 0 Å². The van der Waals surface area contributed by atoms with E-state index in [1.165, 1.54) is 37.0 Å². The van der Waals surface area contributed by atoms with Crippen LogP contribution in [0.3, 0.4) is 0 Å². The number of hydrogen-bond acceptors (Lipinski definition) is 3. The van der Waals surface area contributed by atoms with Crippen molar-refractivity contribution in [2.45, 2.75) is 50.4 Å². The maximum Gasteiger partial charge on any atom is 0.250 e. The van der Waals surface area contributed by atoms with Gasteiger partial charge in [-0.1, -0.05) is 56.4 Å². The van der Waals surface area contributed by atoms with Crippen LogP contribution in [0.15, 0.2) is 36.9 Å². The zero-order valence-corrected chi connectivity index (χ0v) is 15.7. The number of anilines is 1. The van der Waals surface area contributed by atoms with Crippen LogP contribution in [0.5, 0.6) is 0 Å². The molecule has 1 spiro atoms. The van der Waals surface area contributed by atoms with E-state index in [-0.39, 0.29) is 24.1 Å². The molecule has 3 aliphatic rings. The van der Waals surface area contributed by atoms with Crippen molar-refractivity contribution >= 4 is 23.4 Å². The summed E-state index contributed by atoms with van der Waals surface area (Å²) in [7, 11) is 0. The van der Waals surface area contributed by atoms with E-state index < -0.39 is 5.41 Å². The average Bonchev–Trinajstić information content (AvgIpc) is 3.08. The summed E-state index contributed by atoms with van der Waals surface area (Å²) in [6, 6.07) is 7.33. The summed E-state index contributed by atoms with van der Waals surface area (Å²) in [6.07, 6.45) is 8.55. The first-order chi connectivity index (χ1) is 13.1. The van der Waals surface area contributed by atoms with Crippen LogP contribution in [-0.2, 0) is 19.8 Å². The first-order valence-corrected chi connectivity index (χ1v) is 9.96. The third-order valence-corrected chi connectivity index (χ3v) is 6.39. The topological polar surface area (TPSA) is 57.7 Å². The Morgan fingerprint density at radius 3 is 2.48 bits per heavy atom. The molecule has 1 aliphatic carbocycles. The van der Waals surface area contributed by atoms with Crippen molar-refractivity contribution < 1.29 is 14.4 Å². The zero-order chi connectivity index (χ0) is 19.0. The first kappa shape index (κ1) is 18.0. The largest absolute Gasteiger partial charge is 0.307 e. The Hall–Kier alpha value is -2.43. The van der Waals surface area contributed by atoms with Gasteiger partial charge in [0.2, 0.25) is 17.7 Å². The molecule has 0 aromatic heterocycles. The van der Waals surface area contributed by atoms with Gasteiger partial charge in [-0.05, 0) is 18.4 Å². The molecule has 5 nitrogen and oxygen atoms in total. The molecule has 5 heteroatoms. The molecule has 1 saturated carbocycles. The Labute approximate surface area is 160 Å². The van der Waals surface area contributed by atoms with Gasteiger partial charge in [0, 0.05) is 24.3 Å². The lowest BCUT2D eigenvalue weighted by atomic mass is 9.80. The lowest BCUT2D eigenvalue weighted by molar-refractivity contribution is -0.141. The van der Waals surface area contributed by atoms with Crippen LogP contribution in [-0.4, -0.2) is 35.7 Å². The third kappa shape index (κ3) is 2.71. The van der Waals surface area contributed by atoms with Gasteiger partial charge in [-0.15, -0.1) is 6.58 Å². The third-order valence-electron chi connectivity index (χ3n) is 6.39. The van der Waals surface area contributed by atoms with Crippen LogP contribution in [0.4, 0.5) is 5.69 Å². The van der Waals surface area contributed by atoms with Gasteiger partial charge in [0.25, 0.3) is 0 Å². The Kier molecular flexibility index (Phi) is 4.62. The molecule has 1 saturated heterocycles. The van der Waals surface area contributed by atoms with Gasteiger partial charge in [0.05, 0.1) is 6.42 Å². The molecule has 4 rings (SSSR count). The first-order valence-electron chi connectivity index (χ1n) is 9.96. The average molecular weight is 366 g/mol. The Morgan fingerprint density at radius 1 is 1.04 bits per heavy atom. The summed E-state index contributed by atoms with van der Waals surface area (Å²) in [4.78, 5) is 42.3. The number of hydrogen-bond donors (Lipinski definition) is 0. The van der Waals surface area contributed by atoms with Gasteiger partial charge in [-0.25, -0.2) is 0 Å². The molecule has 0 bridgehead atoms. The Balaban J connectivity index is 1.61. The molecule has 1 unspecified atom stereocenters. The number of amides is 3. The number of nitrogens with zero attached hydrogens (tertiary/aromatic N) is 2. The fourth-order valence-corrected chi connectivity index (χ4v) is 4.97. The van der Waals surface area contributed by atoms with E-state index in [1.807, 2.05) is 24.3 Å². The van der Waals surface area contributed by atoms with E-state index >= 15 is 0 Å². The van der Waals surface area contributed by atoms with Crippen molar-refractivity contribution in [2.75, 3.05) is 18.0 Å². The van der Waals surface area contributed by atoms with Gasteiger partial charge >= 0.3 is 0 Å². The molecule has 1 aromatic carbocycles. The number of imide groups is 1. The predicted molar refractivity (Wildman–Crippen MR) is 103 cm³/mol. The van der Waals surface area contributed by atoms with Crippen LogP contribution >= 0.6 is 0 Å². The molecule has 1 atom stereocenters. The van der Waals surface area contributed by atoms with Crippen LogP contribution in [0, 0.1) is 5.92 Å². The van der Waals surface area contributed by atoms with Crippen molar-refractivity contribution in [2.24, 2.45) is 5.92 Å². The van der Waals surface area contributed by atoms with Crippen molar-refractivity contribution in [3.05, 3.63) is 42.5 Å². The molecular formula is C22H26N2O3. The van der Waals surface area contributed by atoms with E-state index in [9.17, 15) is 14.4 Å². The van der Waals surface area contributed by atoms with Crippen LogP contribution in [0.1, 0.15) is 50.5 Å². The molecule has 3 amide bonds. The standard InChI is InChI=1S/C22H26N2O3/c1-2-13-23-18-11-7-6-10-17(18)22(20(23)26)15-19(25)24(21(22)27)14-12-16-8-4-3-5-9-16/h2,6-7,10-11,16H,1,3-5,8-9,12-15H2. The second kappa shape index (κ2) is 6.95. The highest BCUT2D eigenvalue weighted by Crippen LogP contribution is 2.48. The number of fused-ring (bicyclic) bond motifs is 2. The van der Waals surface area contributed by atoms with Crippen LogP contribution < -0.4 is 4.90 Å². The SMILES string of the molecule is C=CCN1C(=O)C2(CC(=O)N(CCC3CCCCC3)C2=O)c2ccccc21. The molecule has 2 aliphatic heterocycles. The van der Waals surface area contributed by atoms with Gasteiger partial charge in [-0.2, -0.15) is 0 Å². The smallest absolute Gasteiger partial charge is 0.250 e. The van der Waals surface area contributed by atoms with E-state index in [0.29, 0.717) is 24.6 Å². The Morgan fingerprint density at radius 2 is 1.74 bits per heavy atom. The number of carbonyl (C=O) groups is 3. The fourth-order valence-electron chi connectivity index (χ4n) is 4.97. The molecule has 1 aromatic rings. The summed E-state index contributed by atoms with van der Waals surface area (Å²) >= 11 is 0. The summed E-state index contributed by atoms with van der Waals surface area (Å²) < 4.78 is 0. The highest BCUT2D eigenvalue weighted by atomic mass is 16.2. The number of carbonyl (C=O) groups excluding carboxylic acids is 3. The fraction of sp³-hybridized carbons (Fsp3) is 0.500. The molecule has 142 valence electrons. The maximum atomic E-state index is 13.4. The Bertz CT molecular complexity index is 797. The van der Waals surface area contributed by atoms with Crippen molar-refractivity contribution in [1.82, 2.24) is 4.90 Å². The summed E-state index contributed by atoms with van der Waals surface area (Å²) in [5.41, 5.74) is 0.0107. The number of para-hydroxylation sites is 1. The van der Waals surface area contributed by atoms with Crippen molar-refractivity contribution in [3.63, 3.8) is 0 Å². The minimum Gasteiger partial charge on any atom is -0.307 e. The highest BCUT2D eigenvalue weighted by Gasteiger charge is 2.63. The van der Waals surface area contributed by atoms with E-state index in [2.05, 4.69) is 6.58 Å². The lowest BCUT2D eigenvalue weighted by Gasteiger charge is -2.25. The summed E-state index contributed by atoms with van der Waals surface area (Å²) in [6.45, 7) is 4.49. The molecule has 0 radical (unpaired) electrons. The second-order valence-electron chi connectivity index (χ2n) is 7.95. The van der Waals surface area contributed by atoms with Gasteiger partial charge in [0.15, 0.2) is 5.41 Å². The summed E-state index contributed by atoms with van der Waals surface area (Å²) in [5, 5.41) is 0. The second-order valence-corrected chi connectivity index (χ2v) is 7.95. The predicted octanol–water partition coefficient (Wildman–Crippen LogP) is 3.19. The quantitative estimate of drug-likeness (QED) is 0.457. The molecule has 0 N–H and O–H groups in total. The molecule has 2 heterocycles. The van der Waals surface area contributed by atoms with Crippen LogP contribution in [0.2, 0.25) is 0 Å². The lowest BCUT2D eigenvalue weighted by Crippen LogP contribution is -2.46. The normalized spacial score (nSPS) is 25.6. The maximum absolute atomic E-state index is 13.4. The van der Waals surface area contributed by atoms with E-state index in [1.54, 1.807) is 11.0 Å². The van der Waals surface area contributed by atoms with Crippen LogP contribution in [0.25, 0.3) is 0 Å². The summed E-state index contributed by atoms with van der Waals surface area (Å²) in [5.74, 6) is -0.270. The molecule has 2 fully saturated rings.